The third-order valence-corrected chi connectivity index (χ3v) is 10.3. The van der Waals surface area contributed by atoms with Crippen molar-refractivity contribution in [2.75, 3.05) is 13.1 Å². The Balaban J connectivity index is 1.26. The number of carboxylic acid groups (broad SMARTS) is 1. The van der Waals surface area contributed by atoms with Crippen LogP contribution in [0, 0.1) is 5.92 Å². The molecule has 5 aromatic rings. The quantitative estimate of drug-likeness (QED) is 0.151. The van der Waals surface area contributed by atoms with E-state index in [4.69, 9.17) is 5.73 Å². The third-order valence-electron chi connectivity index (χ3n) is 9.28. The normalized spacial score (nSPS) is 15.4. The number of carbonyl (C=O) groups is 4. The number of aliphatic carboxylic acids is 1. The number of fused-ring (bicyclic) bond motifs is 2. The second-order valence-corrected chi connectivity index (χ2v) is 13.6. The number of carbonyl (C=O) groups excluding carboxylic acids is 3. The van der Waals surface area contributed by atoms with Crippen LogP contribution in [-0.4, -0.2) is 64.9 Å². The number of carboxylic acids is 1. The second-order valence-electron chi connectivity index (χ2n) is 12.7. The molecule has 1 aliphatic rings. The van der Waals surface area contributed by atoms with Gasteiger partial charge in [0, 0.05) is 30.6 Å². The number of thiophene rings is 1. The van der Waals surface area contributed by atoms with Crippen LogP contribution >= 0.6 is 11.3 Å². The van der Waals surface area contributed by atoms with Gasteiger partial charge < -0.3 is 26.4 Å². The molecule has 0 saturated carbocycles. The summed E-state index contributed by atoms with van der Waals surface area (Å²) >= 11 is 1.57. The highest BCUT2D eigenvalue weighted by Gasteiger charge is 2.34. The number of nitrogens with two attached hydrogens (primary N) is 1. The van der Waals surface area contributed by atoms with Crippen molar-refractivity contribution in [2.24, 2.45) is 11.7 Å². The predicted octanol–water partition coefficient (Wildman–Crippen LogP) is 4.70. The Morgan fingerprint density at radius 3 is 2.18 bits per heavy atom. The standard InChI is InChI=1S/C39H40N4O5S/c40-32(21-25-8-2-1-3-9-25)36(44)41-33(23-30-24-49-35-13-7-6-12-31(30)35)37(45)42-34(38(46)43-18-16-28(17-19-43)39(47)48)22-26-14-15-27-10-4-5-11-29(27)20-26/h1-15,20,24,28,32-34H,16-19,21-23,40H2,(H,41,44)(H,42,45)(H,47,48)/t32-,33+,34+/m0/s1. The molecule has 6 rings (SSSR count). The Kier molecular flexibility index (Phi) is 10.7. The number of nitrogens with one attached hydrogen (secondary N) is 2. The molecule has 252 valence electrons. The minimum absolute atomic E-state index is 0.209. The lowest BCUT2D eigenvalue weighted by Crippen LogP contribution is -2.58. The van der Waals surface area contributed by atoms with Crippen LogP contribution in [0.25, 0.3) is 20.9 Å². The average Bonchev–Trinajstić information content (AvgIpc) is 3.53. The molecule has 0 radical (unpaired) electrons. The summed E-state index contributed by atoms with van der Waals surface area (Å²) in [6.45, 7) is 0.574. The summed E-state index contributed by atoms with van der Waals surface area (Å²) < 4.78 is 1.07. The lowest BCUT2D eigenvalue weighted by molar-refractivity contribution is -0.146. The van der Waals surface area contributed by atoms with E-state index in [0.717, 1.165) is 37.5 Å². The van der Waals surface area contributed by atoms with Crippen LogP contribution in [-0.2, 0) is 38.4 Å². The van der Waals surface area contributed by atoms with E-state index in [1.807, 2.05) is 102 Å². The van der Waals surface area contributed by atoms with Crippen LogP contribution in [0.1, 0.15) is 29.5 Å². The van der Waals surface area contributed by atoms with Crippen LogP contribution in [0.5, 0.6) is 0 Å². The SMILES string of the molecule is N[C@@H](Cc1ccccc1)C(=O)N[C@H](Cc1csc2ccccc12)C(=O)N[C@H](Cc1ccc2ccccc2c1)C(=O)N1CCC(C(=O)O)CC1. The minimum atomic E-state index is -1.00. The summed E-state index contributed by atoms with van der Waals surface area (Å²) in [5.74, 6) is -2.60. The Morgan fingerprint density at radius 2 is 1.43 bits per heavy atom. The van der Waals surface area contributed by atoms with Crippen molar-refractivity contribution in [3.8, 4) is 0 Å². The molecule has 0 spiro atoms. The molecular formula is C39H40N4O5S. The zero-order valence-electron chi connectivity index (χ0n) is 27.1. The number of amides is 3. The van der Waals surface area contributed by atoms with E-state index in [1.54, 1.807) is 16.2 Å². The fourth-order valence-electron chi connectivity index (χ4n) is 6.50. The second kappa shape index (κ2) is 15.4. The molecule has 1 aromatic heterocycles. The molecule has 1 aliphatic heterocycles. The van der Waals surface area contributed by atoms with Gasteiger partial charge in [-0.3, -0.25) is 19.2 Å². The van der Waals surface area contributed by atoms with E-state index in [9.17, 15) is 24.3 Å². The highest BCUT2D eigenvalue weighted by molar-refractivity contribution is 7.17. The Bertz CT molecular complexity index is 1950. The van der Waals surface area contributed by atoms with Crippen molar-refractivity contribution in [3.05, 3.63) is 119 Å². The first-order valence-electron chi connectivity index (χ1n) is 16.6. The molecule has 4 aromatic carbocycles. The summed E-state index contributed by atoms with van der Waals surface area (Å²) in [7, 11) is 0. The van der Waals surface area contributed by atoms with Gasteiger partial charge in [0.15, 0.2) is 0 Å². The molecule has 3 atom stereocenters. The fraction of sp³-hybridized carbons (Fsp3) is 0.282. The number of hydrogen-bond acceptors (Lipinski definition) is 6. The third kappa shape index (κ3) is 8.33. The van der Waals surface area contributed by atoms with Gasteiger partial charge in [-0.05, 0) is 63.6 Å². The van der Waals surface area contributed by atoms with Gasteiger partial charge in [0.05, 0.1) is 12.0 Å². The smallest absolute Gasteiger partial charge is 0.306 e. The van der Waals surface area contributed by atoms with E-state index >= 15 is 0 Å². The van der Waals surface area contributed by atoms with Crippen LogP contribution in [0.15, 0.2) is 102 Å². The molecule has 1 saturated heterocycles. The molecule has 0 bridgehead atoms. The number of nitrogens with zero attached hydrogens (tertiary/aromatic N) is 1. The van der Waals surface area contributed by atoms with Crippen LogP contribution in [0.2, 0.25) is 0 Å². The minimum Gasteiger partial charge on any atom is -0.481 e. The maximum absolute atomic E-state index is 14.3. The van der Waals surface area contributed by atoms with E-state index in [2.05, 4.69) is 10.6 Å². The molecule has 1 fully saturated rings. The monoisotopic (exact) mass is 676 g/mol. The fourth-order valence-corrected chi connectivity index (χ4v) is 7.48. The molecule has 0 aliphatic carbocycles. The van der Waals surface area contributed by atoms with Crippen molar-refractivity contribution in [1.82, 2.24) is 15.5 Å². The molecular weight excluding hydrogens is 637 g/mol. The van der Waals surface area contributed by atoms with Gasteiger partial charge in [-0.1, -0.05) is 91.0 Å². The van der Waals surface area contributed by atoms with Gasteiger partial charge in [-0.25, -0.2) is 0 Å². The van der Waals surface area contributed by atoms with Crippen LogP contribution < -0.4 is 16.4 Å². The largest absolute Gasteiger partial charge is 0.481 e. The van der Waals surface area contributed by atoms with Crippen molar-refractivity contribution in [3.63, 3.8) is 0 Å². The van der Waals surface area contributed by atoms with Crippen molar-refractivity contribution >= 4 is 55.9 Å². The van der Waals surface area contributed by atoms with Crippen molar-refractivity contribution in [1.29, 1.82) is 0 Å². The van der Waals surface area contributed by atoms with Crippen molar-refractivity contribution < 1.29 is 24.3 Å². The van der Waals surface area contributed by atoms with Gasteiger partial charge in [0.1, 0.15) is 12.1 Å². The van der Waals surface area contributed by atoms with Gasteiger partial charge in [0.25, 0.3) is 0 Å². The van der Waals surface area contributed by atoms with E-state index < -0.39 is 41.8 Å². The number of benzene rings is 4. The molecule has 2 heterocycles. The molecule has 10 heteroatoms. The molecule has 5 N–H and O–H groups in total. The highest BCUT2D eigenvalue weighted by Crippen LogP contribution is 2.27. The summed E-state index contributed by atoms with van der Waals surface area (Å²) in [5.41, 5.74) is 9.03. The maximum atomic E-state index is 14.3. The average molecular weight is 677 g/mol. The Labute approximate surface area is 289 Å². The zero-order chi connectivity index (χ0) is 34.3. The van der Waals surface area contributed by atoms with Crippen LogP contribution in [0.3, 0.4) is 0 Å². The summed E-state index contributed by atoms with van der Waals surface area (Å²) in [4.78, 5) is 55.0. The van der Waals surface area contributed by atoms with Crippen molar-refractivity contribution in [2.45, 2.75) is 50.2 Å². The molecule has 0 unspecified atom stereocenters. The number of likely N-dealkylation sites (tertiary alicyclic amines) is 1. The van der Waals surface area contributed by atoms with Gasteiger partial charge in [-0.2, -0.15) is 0 Å². The van der Waals surface area contributed by atoms with Crippen LogP contribution in [0.4, 0.5) is 0 Å². The number of rotatable bonds is 12. The van der Waals surface area contributed by atoms with E-state index in [-0.39, 0.29) is 31.8 Å². The molecule has 3 amide bonds. The number of piperidine rings is 1. The van der Waals surface area contributed by atoms with E-state index in [1.165, 1.54) is 0 Å². The first-order valence-corrected chi connectivity index (χ1v) is 17.5. The predicted molar refractivity (Wildman–Crippen MR) is 192 cm³/mol. The maximum Gasteiger partial charge on any atom is 0.306 e. The lowest BCUT2D eigenvalue weighted by Gasteiger charge is -2.33. The van der Waals surface area contributed by atoms with Gasteiger partial charge >= 0.3 is 5.97 Å². The van der Waals surface area contributed by atoms with E-state index in [0.29, 0.717) is 19.3 Å². The highest BCUT2D eigenvalue weighted by atomic mass is 32.1. The lowest BCUT2D eigenvalue weighted by atomic mass is 9.95. The molecule has 9 nitrogen and oxygen atoms in total. The summed E-state index contributed by atoms with van der Waals surface area (Å²) in [6.07, 6.45) is 1.43. The first kappa shape index (κ1) is 33.8. The summed E-state index contributed by atoms with van der Waals surface area (Å²) in [5, 5.41) is 20.5. The topological polar surface area (TPSA) is 142 Å². The molecule has 49 heavy (non-hydrogen) atoms. The number of hydrogen-bond donors (Lipinski definition) is 4. The van der Waals surface area contributed by atoms with Gasteiger partial charge in [-0.15, -0.1) is 11.3 Å². The van der Waals surface area contributed by atoms with Gasteiger partial charge in [0.2, 0.25) is 17.7 Å². The first-order chi connectivity index (χ1) is 23.7. The zero-order valence-corrected chi connectivity index (χ0v) is 27.9. The summed E-state index contributed by atoms with van der Waals surface area (Å²) in [6, 6.07) is 28.4. The Morgan fingerprint density at radius 1 is 0.755 bits per heavy atom. The Hall–Kier alpha value is -5.06.